The predicted molar refractivity (Wildman–Crippen MR) is 99.3 cm³/mol. The van der Waals surface area contributed by atoms with Gasteiger partial charge in [0, 0.05) is 34.1 Å². The van der Waals surface area contributed by atoms with Gasteiger partial charge < -0.3 is 0 Å². The van der Waals surface area contributed by atoms with Crippen molar-refractivity contribution in [3.05, 3.63) is 0 Å². The van der Waals surface area contributed by atoms with E-state index in [9.17, 15) is 0 Å². The minimum absolute atomic E-state index is 0. The van der Waals surface area contributed by atoms with Gasteiger partial charge in [-0.2, -0.15) is 0 Å². The fourth-order valence-electron chi connectivity index (χ4n) is 5.12. The van der Waals surface area contributed by atoms with Crippen LogP contribution in [0.4, 0.5) is 0 Å². The summed E-state index contributed by atoms with van der Waals surface area (Å²) in [6.45, 7) is 2.52. The van der Waals surface area contributed by atoms with Crippen molar-refractivity contribution in [3.63, 3.8) is 0 Å². The van der Waals surface area contributed by atoms with E-state index >= 15 is 0 Å². The van der Waals surface area contributed by atoms with E-state index in [1.165, 1.54) is 116 Å². The fraction of sp³-hybridized carbons (Fsp3) is 1.00. The zero-order valence-corrected chi connectivity index (χ0v) is 18.4. The van der Waals surface area contributed by atoms with Gasteiger partial charge in [0.2, 0.25) is 0 Å². The first-order valence-electron chi connectivity index (χ1n) is 10.9. The van der Waals surface area contributed by atoms with E-state index in [-0.39, 0.29) is 34.1 Å². The summed E-state index contributed by atoms with van der Waals surface area (Å²) in [5, 5.41) is 0. The minimum atomic E-state index is 0. The van der Waals surface area contributed by atoms with E-state index in [4.69, 9.17) is 0 Å². The number of hydrogen-bond acceptors (Lipinski definition) is 0. The molecule has 4 saturated carbocycles. The second kappa shape index (κ2) is 16.2. The van der Waals surface area contributed by atoms with Crippen molar-refractivity contribution >= 4 is 0 Å². The maximum absolute atomic E-state index is 2.52. The van der Waals surface area contributed by atoms with Crippen LogP contribution >= 0.6 is 0 Å². The standard InChI is InChI=1S/C12H22.2C5H10.2Fe/c1-10(11-6-2-3-7-11)12-8-4-5-9-12;2*1-2-4-5-3-1;;/h10-12H,2-9H2,1H3;2*1-5H2;;. The average Bonchev–Trinajstić information content (AvgIpc) is 3.42. The molecule has 0 aromatic heterocycles. The molecule has 146 valence electrons. The Bertz CT molecular complexity index is 205. The molecule has 0 nitrogen and oxygen atoms in total. The molecule has 0 atom stereocenters. The van der Waals surface area contributed by atoms with E-state index in [1.54, 1.807) is 0 Å². The van der Waals surface area contributed by atoms with E-state index in [1.807, 2.05) is 0 Å². The van der Waals surface area contributed by atoms with Crippen molar-refractivity contribution in [1.29, 1.82) is 0 Å². The second-order valence-electron chi connectivity index (χ2n) is 8.48. The van der Waals surface area contributed by atoms with E-state index < -0.39 is 0 Å². The molecule has 2 heteroatoms. The smallest absolute Gasteiger partial charge is 0 e. The summed E-state index contributed by atoms with van der Waals surface area (Å²) >= 11 is 0. The van der Waals surface area contributed by atoms with Gasteiger partial charge in [0.1, 0.15) is 0 Å². The third kappa shape index (κ3) is 10.3. The van der Waals surface area contributed by atoms with Crippen LogP contribution < -0.4 is 0 Å². The molecular weight excluding hydrogens is 376 g/mol. The predicted octanol–water partition coefficient (Wildman–Crippen LogP) is 7.90. The van der Waals surface area contributed by atoms with Gasteiger partial charge in [0.25, 0.3) is 0 Å². The van der Waals surface area contributed by atoms with Crippen LogP contribution in [0.1, 0.15) is 122 Å². The maximum Gasteiger partial charge on any atom is 0 e. The Morgan fingerprint density at radius 2 is 0.625 bits per heavy atom. The van der Waals surface area contributed by atoms with Gasteiger partial charge in [0.15, 0.2) is 0 Å². The van der Waals surface area contributed by atoms with Crippen LogP contribution in [-0.4, -0.2) is 0 Å². The minimum Gasteiger partial charge on any atom is -0.0620 e. The molecule has 4 aliphatic carbocycles. The summed E-state index contributed by atoms with van der Waals surface area (Å²) in [7, 11) is 0. The molecule has 4 fully saturated rings. The monoisotopic (exact) mass is 418 g/mol. The van der Waals surface area contributed by atoms with Crippen LogP contribution in [0.15, 0.2) is 0 Å². The van der Waals surface area contributed by atoms with Gasteiger partial charge in [-0.3, -0.25) is 0 Å². The fourth-order valence-corrected chi connectivity index (χ4v) is 5.12. The van der Waals surface area contributed by atoms with Gasteiger partial charge in [-0.1, -0.05) is 122 Å². The first-order chi connectivity index (χ1) is 10.9. The van der Waals surface area contributed by atoms with Crippen molar-refractivity contribution in [2.24, 2.45) is 17.8 Å². The van der Waals surface area contributed by atoms with Crippen molar-refractivity contribution < 1.29 is 34.1 Å². The first kappa shape index (κ1) is 25.0. The van der Waals surface area contributed by atoms with Gasteiger partial charge in [-0.25, -0.2) is 0 Å². The summed E-state index contributed by atoms with van der Waals surface area (Å²) in [5.74, 6) is 3.26. The zero-order valence-electron chi connectivity index (χ0n) is 16.2. The van der Waals surface area contributed by atoms with E-state index in [0.717, 1.165) is 17.8 Å². The number of rotatable bonds is 2. The normalized spacial score (nSPS) is 23.8. The molecule has 0 aromatic rings. The Hall–Kier alpha value is 1.04. The summed E-state index contributed by atoms with van der Waals surface area (Å²) in [4.78, 5) is 0. The summed E-state index contributed by atoms with van der Waals surface area (Å²) in [6.07, 6.45) is 27.2. The van der Waals surface area contributed by atoms with Gasteiger partial charge in [-0.15, -0.1) is 0 Å². The van der Waals surface area contributed by atoms with Crippen molar-refractivity contribution in [1.82, 2.24) is 0 Å². The Morgan fingerprint density at radius 1 is 0.417 bits per heavy atom. The van der Waals surface area contributed by atoms with Crippen LogP contribution in [0.3, 0.4) is 0 Å². The van der Waals surface area contributed by atoms with Crippen molar-refractivity contribution in [3.8, 4) is 0 Å². The summed E-state index contributed by atoms with van der Waals surface area (Å²) in [6, 6.07) is 0. The number of hydrogen-bond donors (Lipinski definition) is 0. The molecular formula is C22H42Fe2. The molecule has 0 aliphatic heterocycles. The molecule has 0 spiro atoms. The molecule has 0 aromatic carbocycles. The Morgan fingerprint density at radius 3 is 0.833 bits per heavy atom. The average molecular weight is 418 g/mol. The van der Waals surface area contributed by atoms with Crippen molar-refractivity contribution in [2.45, 2.75) is 122 Å². The third-order valence-electron chi connectivity index (χ3n) is 6.79. The zero-order chi connectivity index (χ0) is 15.5. The van der Waals surface area contributed by atoms with E-state index in [2.05, 4.69) is 6.92 Å². The first-order valence-corrected chi connectivity index (χ1v) is 10.9. The maximum atomic E-state index is 2.52. The van der Waals surface area contributed by atoms with Crippen LogP contribution in [0, 0.1) is 17.8 Å². The van der Waals surface area contributed by atoms with Gasteiger partial charge in [0.05, 0.1) is 0 Å². The molecule has 0 saturated heterocycles. The summed E-state index contributed by atoms with van der Waals surface area (Å²) < 4.78 is 0. The molecule has 0 unspecified atom stereocenters. The van der Waals surface area contributed by atoms with Gasteiger partial charge >= 0.3 is 0 Å². The molecule has 0 radical (unpaired) electrons. The second-order valence-corrected chi connectivity index (χ2v) is 8.48. The molecule has 4 aliphatic rings. The van der Waals surface area contributed by atoms with Crippen molar-refractivity contribution in [2.75, 3.05) is 0 Å². The molecule has 0 heterocycles. The molecule has 0 bridgehead atoms. The van der Waals surface area contributed by atoms with Gasteiger partial charge in [-0.05, 0) is 17.8 Å². The summed E-state index contributed by atoms with van der Waals surface area (Å²) in [5.41, 5.74) is 0. The van der Waals surface area contributed by atoms with E-state index in [0.29, 0.717) is 0 Å². The molecule has 0 amide bonds. The largest absolute Gasteiger partial charge is 0.0620 e. The Labute approximate surface area is 174 Å². The molecule has 4 rings (SSSR count). The van der Waals surface area contributed by atoms with Crippen LogP contribution in [0.2, 0.25) is 0 Å². The third-order valence-corrected chi connectivity index (χ3v) is 6.79. The van der Waals surface area contributed by atoms with Crippen LogP contribution in [0.5, 0.6) is 0 Å². The Kier molecular flexibility index (Phi) is 16.9. The van der Waals surface area contributed by atoms with Crippen LogP contribution in [-0.2, 0) is 34.1 Å². The van der Waals surface area contributed by atoms with Crippen LogP contribution in [0.25, 0.3) is 0 Å². The topological polar surface area (TPSA) is 0 Å². The SMILES string of the molecule is C1CCCC1.C1CCCC1.CC(C1CCCC1)C1CCCC1.[Fe].[Fe]. The molecule has 24 heavy (non-hydrogen) atoms. The quantitative estimate of drug-likeness (QED) is 0.400. The molecule has 0 N–H and O–H groups in total. The Balaban J connectivity index is 0.000000370.